The second-order valence-corrected chi connectivity index (χ2v) is 22.4. The number of likely N-dealkylation sites (N-methyl/N-ethyl adjacent to an activating group) is 1. The van der Waals surface area contributed by atoms with E-state index in [1.165, 1.54) is 5.57 Å². The van der Waals surface area contributed by atoms with Crippen molar-refractivity contribution in [2.75, 3.05) is 33.7 Å². The van der Waals surface area contributed by atoms with Gasteiger partial charge in [-0.15, -0.1) is 0 Å². The number of ether oxygens (including phenoxy) is 1. The number of fused-ring (bicyclic) bond motifs is 7. The van der Waals surface area contributed by atoms with E-state index in [0.717, 1.165) is 75.7 Å². The van der Waals surface area contributed by atoms with Crippen molar-refractivity contribution in [2.45, 2.75) is 152 Å². The largest absolute Gasteiger partial charge is 0.481 e. The van der Waals surface area contributed by atoms with E-state index in [0.29, 0.717) is 29.8 Å². The number of aliphatic carboxylic acids is 1. The molecule has 0 aromatic carbocycles. The quantitative estimate of drug-likeness (QED) is 0.188. The highest BCUT2D eigenvalue weighted by molar-refractivity contribution is 6.30. The highest BCUT2D eigenvalue weighted by Gasteiger charge is 2.71. The van der Waals surface area contributed by atoms with Crippen LogP contribution in [0.15, 0.2) is 29.5 Å². The third-order valence-corrected chi connectivity index (χ3v) is 17.7. The zero-order chi connectivity index (χ0) is 43.0. The van der Waals surface area contributed by atoms with Gasteiger partial charge in [-0.3, -0.25) is 24.3 Å². The SMILES string of the molecule is CC(C)C1=C2[C@H]3CC[C@@H]4[C@@]5(C)CC[C@H](OC(=O)CC(C)(C)C(=O)O)C(C)(C)[C@@H]5CC[C@@]4(C)[C@]3(C)CC[C@@]2([C@H](O)CN(CCN(C)C)[C@@H](C)c2ccc(Cl)cn2)CC1=O. The van der Waals surface area contributed by atoms with E-state index < -0.39 is 28.9 Å². The molecule has 1 aromatic rings. The van der Waals surface area contributed by atoms with E-state index in [4.69, 9.17) is 16.3 Å². The standard InChI is InChI=1S/C48H74ClN3O6/c1-29(2)40-34(53)25-48(37(54)28-52(24-23-51(11)12)30(3)33-15-13-31(49)27-50-33)22-21-46(9)32(41(40)48)14-16-36-45(8)19-18-38(58-39(55)26-43(4,5)42(56)57)44(6,7)35(45)17-20-47(36,46)10/h13,15,27,29-30,32,35-38,54H,14,16-26,28H2,1-12H3,(H,56,57)/t30-,32+,35-,36+,37+,38-,45-,46+,47+,48-/m0/s1. The first-order valence-corrected chi connectivity index (χ1v) is 22.6. The summed E-state index contributed by atoms with van der Waals surface area (Å²) in [5, 5.41) is 23.0. The number of carbonyl (C=O) groups is 3. The maximum Gasteiger partial charge on any atom is 0.309 e. The molecule has 6 rings (SSSR count). The van der Waals surface area contributed by atoms with E-state index in [1.807, 2.05) is 12.1 Å². The lowest BCUT2D eigenvalue weighted by Crippen LogP contribution is -2.66. The van der Waals surface area contributed by atoms with Gasteiger partial charge in [0.1, 0.15) is 6.10 Å². The van der Waals surface area contributed by atoms with Crippen molar-refractivity contribution in [2.24, 2.45) is 56.2 Å². The first-order chi connectivity index (χ1) is 26.9. The van der Waals surface area contributed by atoms with Gasteiger partial charge in [-0.2, -0.15) is 0 Å². The lowest BCUT2D eigenvalue weighted by Gasteiger charge is -2.72. The third kappa shape index (κ3) is 7.42. The van der Waals surface area contributed by atoms with Crippen LogP contribution in [0.4, 0.5) is 0 Å². The molecule has 1 aromatic heterocycles. The summed E-state index contributed by atoms with van der Waals surface area (Å²) in [6, 6.07) is 3.81. The number of Topliss-reactive ketones (excluding diaryl/α,β-unsaturated/α-hetero) is 1. The second-order valence-electron chi connectivity index (χ2n) is 21.9. The van der Waals surface area contributed by atoms with Crippen LogP contribution in [0.25, 0.3) is 0 Å². The van der Waals surface area contributed by atoms with Crippen LogP contribution in [-0.2, 0) is 19.1 Å². The predicted molar refractivity (Wildman–Crippen MR) is 229 cm³/mol. The highest BCUT2D eigenvalue weighted by Crippen LogP contribution is 2.77. The maximum absolute atomic E-state index is 14.4. The van der Waals surface area contributed by atoms with Gasteiger partial charge in [0.2, 0.25) is 0 Å². The van der Waals surface area contributed by atoms with Crippen molar-refractivity contribution in [1.29, 1.82) is 0 Å². The van der Waals surface area contributed by atoms with Crippen LogP contribution in [-0.4, -0.2) is 88.7 Å². The molecule has 0 spiro atoms. The Morgan fingerprint density at radius 2 is 1.64 bits per heavy atom. The van der Waals surface area contributed by atoms with E-state index in [1.54, 1.807) is 20.0 Å². The van der Waals surface area contributed by atoms with Crippen LogP contribution >= 0.6 is 11.6 Å². The number of aliphatic hydroxyl groups is 1. The van der Waals surface area contributed by atoms with Crippen molar-refractivity contribution in [3.63, 3.8) is 0 Å². The molecule has 2 N–H and O–H groups in total. The number of halogens is 1. The van der Waals surface area contributed by atoms with E-state index >= 15 is 0 Å². The molecule has 0 amide bonds. The number of rotatable bonds is 13. The Kier molecular flexibility index (Phi) is 12.4. The molecule has 9 nitrogen and oxygen atoms in total. The normalized spacial score (nSPS) is 35.6. The van der Waals surface area contributed by atoms with Crippen molar-refractivity contribution >= 4 is 29.3 Å². The Balaban J connectivity index is 1.30. The average molecular weight is 825 g/mol. The van der Waals surface area contributed by atoms with Gasteiger partial charge in [0.15, 0.2) is 5.78 Å². The summed E-state index contributed by atoms with van der Waals surface area (Å²) in [6.07, 6.45) is 8.66. The fourth-order valence-electron chi connectivity index (χ4n) is 13.9. The molecule has 0 radical (unpaired) electrons. The van der Waals surface area contributed by atoms with Gasteiger partial charge in [0.05, 0.1) is 28.7 Å². The lowest BCUT2D eigenvalue weighted by atomic mass is 9.33. The number of hydrogen-bond donors (Lipinski definition) is 2. The Morgan fingerprint density at radius 1 is 0.948 bits per heavy atom. The zero-order valence-electron chi connectivity index (χ0n) is 37.7. The monoisotopic (exact) mass is 824 g/mol. The number of carbonyl (C=O) groups excluding carboxylic acids is 2. The summed E-state index contributed by atoms with van der Waals surface area (Å²) in [5.41, 5.74) is 1.18. The summed E-state index contributed by atoms with van der Waals surface area (Å²) in [6.45, 7) is 23.9. The van der Waals surface area contributed by atoms with Gasteiger partial charge in [-0.05, 0) is 144 Å². The number of ketones is 1. The van der Waals surface area contributed by atoms with Gasteiger partial charge in [-0.25, -0.2) is 0 Å². The van der Waals surface area contributed by atoms with E-state index in [9.17, 15) is 24.6 Å². The molecular weight excluding hydrogens is 750 g/mol. The summed E-state index contributed by atoms with van der Waals surface area (Å²) in [4.78, 5) is 48.5. The molecule has 324 valence electrons. The summed E-state index contributed by atoms with van der Waals surface area (Å²) in [7, 11) is 4.15. The number of hydrogen-bond acceptors (Lipinski definition) is 8. The van der Waals surface area contributed by atoms with E-state index in [-0.39, 0.29) is 57.8 Å². The van der Waals surface area contributed by atoms with Crippen LogP contribution < -0.4 is 0 Å². The molecule has 0 bridgehead atoms. The Labute approximate surface area is 354 Å². The highest BCUT2D eigenvalue weighted by atomic mass is 35.5. The maximum atomic E-state index is 14.4. The number of carboxylic acid groups (broad SMARTS) is 1. The molecule has 4 fully saturated rings. The van der Waals surface area contributed by atoms with Crippen molar-refractivity contribution in [1.82, 2.24) is 14.8 Å². The fourth-order valence-corrected chi connectivity index (χ4v) is 14.0. The number of aliphatic hydroxyl groups excluding tert-OH is 1. The average Bonchev–Trinajstić information content (AvgIpc) is 3.44. The van der Waals surface area contributed by atoms with E-state index in [2.05, 4.69) is 84.3 Å². The molecule has 0 saturated heterocycles. The minimum absolute atomic E-state index is 0.0244. The molecular formula is C48H74ClN3O6. The molecule has 10 heteroatoms. The number of pyridine rings is 1. The number of nitrogens with zero attached hydrogens (tertiary/aromatic N) is 3. The summed E-state index contributed by atoms with van der Waals surface area (Å²) in [5.74, 6) is -0.0714. The van der Waals surface area contributed by atoms with Gasteiger partial charge >= 0.3 is 11.9 Å². The van der Waals surface area contributed by atoms with Crippen LogP contribution in [0, 0.1) is 56.2 Å². The summed E-state index contributed by atoms with van der Waals surface area (Å²) < 4.78 is 6.20. The molecule has 4 saturated carbocycles. The molecule has 1 heterocycles. The predicted octanol–water partition coefficient (Wildman–Crippen LogP) is 9.41. The topological polar surface area (TPSA) is 120 Å². The van der Waals surface area contributed by atoms with Crippen molar-refractivity contribution < 1.29 is 29.3 Å². The molecule has 0 aliphatic heterocycles. The molecule has 10 atom stereocenters. The first-order valence-electron chi connectivity index (χ1n) is 22.2. The number of esters is 1. The van der Waals surface area contributed by atoms with Gasteiger partial charge < -0.3 is 19.8 Å². The van der Waals surface area contributed by atoms with Crippen LogP contribution in [0.3, 0.4) is 0 Å². The Bertz CT molecular complexity index is 1770. The van der Waals surface area contributed by atoms with Gasteiger partial charge in [0.25, 0.3) is 0 Å². The minimum atomic E-state index is -1.17. The smallest absolute Gasteiger partial charge is 0.309 e. The molecule has 5 aliphatic carbocycles. The fraction of sp³-hybridized carbons (Fsp3) is 0.792. The number of allylic oxidation sites excluding steroid dienone is 1. The second kappa shape index (κ2) is 15.9. The Hall–Kier alpha value is -2.33. The van der Waals surface area contributed by atoms with Crippen molar-refractivity contribution in [3.05, 3.63) is 40.2 Å². The molecule has 0 unspecified atom stereocenters. The summed E-state index contributed by atoms with van der Waals surface area (Å²) >= 11 is 6.23. The minimum Gasteiger partial charge on any atom is -0.481 e. The van der Waals surface area contributed by atoms with Crippen LogP contribution in [0.5, 0.6) is 0 Å². The third-order valence-electron chi connectivity index (χ3n) is 17.5. The Morgan fingerprint density at radius 3 is 2.24 bits per heavy atom. The first kappa shape index (κ1) is 45.2. The number of aromatic nitrogens is 1. The van der Waals surface area contributed by atoms with Gasteiger partial charge in [-0.1, -0.05) is 65.6 Å². The zero-order valence-corrected chi connectivity index (χ0v) is 38.5. The van der Waals surface area contributed by atoms with Crippen LogP contribution in [0.2, 0.25) is 5.02 Å². The van der Waals surface area contributed by atoms with Crippen LogP contribution in [0.1, 0.15) is 145 Å². The number of carboxylic acids is 1. The molecule has 5 aliphatic rings. The lowest BCUT2D eigenvalue weighted by molar-refractivity contribution is -0.235. The van der Waals surface area contributed by atoms with Crippen molar-refractivity contribution in [3.8, 4) is 0 Å². The molecule has 58 heavy (non-hydrogen) atoms. The van der Waals surface area contributed by atoms with Gasteiger partial charge in [0, 0.05) is 49.1 Å².